The highest BCUT2D eigenvalue weighted by Gasteiger charge is 2.16. The van der Waals surface area contributed by atoms with Crippen LogP contribution >= 0.6 is 34.8 Å². The molecule has 0 aliphatic heterocycles. The summed E-state index contributed by atoms with van der Waals surface area (Å²) < 4.78 is 5.13. The van der Waals surface area contributed by atoms with E-state index in [1.807, 2.05) is 0 Å². The van der Waals surface area contributed by atoms with Crippen LogP contribution in [0, 0.1) is 0 Å². The molecule has 0 bridgehead atoms. The Balaban J connectivity index is 2.21. The first-order valence-electron chi connectivity index (χ1n) is 4.94. The lowest BCUT2D eigenvalue weighted by atomic mass is 10.1. The number of furan rings is 1. The van der Waals surface area contributed by atoms with Crippen molar-refractivity contribution in [2.24, 2.45) is 0 Å². The van der Waals surface area contributed by atoms with Gasteiger partial charge in [0.1, 0.15) is 11.9 Å². The van der Waals surface area contributed by atoms with Crippen LogP contribution in [0.4, 0.5) is 0 Å². The Kier molecular flexibility index (Phi) is 4.00. The van der Waals surface area contributed by atoms with Gasteiger partial charge in [-0.1, -0.05) is 29.3 Å². The van der Waals surface area contributed by atoms with Crippen LogP contribution in [0.25, 0.3) is 0 Å². The lowest BCUT2D eigenvalue weighted by Crippen LogP contribution is -2.01. The molecule has 1 atom stereocenters. The summed E-state index contributed by atoms with van der Waals surface area (Å²) in [6, 6.07) is 8.41. The Morgan fingerprint density at radius 2 is 1.71 bits per heavy atom. The quantitative estimate of drug-likeness (QED) is 0.902. The molecule has 0 aliphatic rings. The van der Waals surface area contributed by atoms with Crippen molar-refractivity contribution in [2.75, 3.05) is 0 Å². The summed E-state index contributed by atoms with van der Waals surface area (Å²) in [4.78, 5) is 0. The minimum Gasteiger partial charge on any atom is -0.447 e. The topological polar surface area (TPSA) is 33.4 Å². The van der Waals surface area contributed by atoms with E-state index >= 15 is 0 Å². The van der Waals surface area contributed by atoms with E-state index in [0.717, 1.165) is 0 Å². The third-order valence-electron chi connectivity index (χ3n) is 2.38. The van der Waals surface area contributed by atoms with Crippen molar-refractivity contribution < 1.29 is 9.52 Å². The van der Waals surface area contributed by atoms with Gasteiger partial charge in [-0.05, 0) is 41.4 Å². The third-order valence-corrected chi connectivity index (χ3v) is 3.29. The minimum absolute atomic E-state index is 0.240. The normalized spacial score (nSPS) is 12.7. The van der Waals surface area contributed by atoms with E-state index in [-0.39, 0.29) is 11.6 Å². The van der Waals surface area contributed by atoms with Crippen molar-refractivity contribution in [1.29, 1.82) is 0 Å². The summed E-state index contributed by atoms with van der Waals surface area (Å²) >= 11 is 17.7. The third kappa shape index (κ3) is 2.96. The van der Waals surface area contributed by atoms with E-state index in [2.05, 4.69) is 0 Å². The van der Waals surface area contributed by atoms with Gasteiger partial charge < -0.3 is 9.52 Å². The van der Waals surface area contributed by atoms with Crippen molar-refractivity contribution in [3.05, 3.63) is 56.9 Å². The van der Waals surface area contributed by atoms with Crippen molar-refractivity contribution in [3.63, 3.8) is 0 Å². The molecule has 5 heteroatoms. The molecule has 2 nitrogen and oxygen atoms in total. The predicted octanol–water partition coefficient (Wildman–Crippen LogP) is 4.52. The highest BCUT2D eigenvalue weighted by Crippen LogP contribution is 2.30. The molecule has 17 heavy (non-hydrogen) atoms. The van der Waals surface area contributed by atoms with Gasteiger partial charge in [-0.25, -0.2) is 0 Å². The number of benzene rings is 1. The van der Waals surface area contributed by atoms with E-state index in [1.165, 1.54) is 0 Å². The average Bonchev–Trinajstić information content (AvgIpc) is 2.70. The molecule has 0 fully saturated rings. The van der Waals surface area contributed by atoms with Crippen LogP contribution in [0.5, 0.6) is 0 Å². The first-order chi connectivity index (χ1) is 8.08. The van der Waals surface area contributed by atoms with Crippen LogP contribution in [-0.4, -0.2) is 5.11 Å². The fourth-order valence-electron chi connectivity index (χ4n) is 1.53. The molecule has 0 amide bonds. The highest BCUT2D eigenvalue weighted by molar-refractivity contribution is 6.36. The van der Waals surface area contributed by atoms with Crippen LogP contribution in [0.3, 0.4) is 0 Å². The van der Waals surface area contributed by atoms with E-state index < -0.39 is 6.10 Å². The molecule has 0 aliphatic carbocycles. The Morgan fingerprint density at radius 3 is 2.24 bits per heavy atom. The second kappa shape index (κ2) is 5.32. The van der Waals surface area contributed by atoms with Gasteiger partial charge in [0.25, 0.3) is 0 Å². The number of halogens is 3. The lowest BCUT2D eigenvalue weighted by Gasteiger charge is -2.10. The number of hydrogen-bond acceptors (Lipinski definition) is 2. The van der Waals surface area contributed by atoms with Gasteiger partial charge in [0.2, 0.25) is 0 Å². The average molecular weight is 292 g/mol. The molecule has 0 radical (unpaired) electrons. The summed E-state index contributed by atoms with van der Waals surface area (Å²) in [5.41, 5.74) is 0.691. The Hall–Kier alpha value is -0.670. The number of aliphatic hydroxyl groups is 1. The smallest absolute Gasteiger partial charge is 0.193 e. The second-order valence-electron chi connectivity index (χ2n) is 3.56. The van der Waals surface area contributed by atoms with Gasteiger partial charge in [0, 0.05) is 16.5 Å². The fourth-order valence-corrected chi connectivity index (χ4v) is 2.23. The molecule has 1 aromatic carbocycles. The molecule has 2 aromatic rings. The molecule has 1 N–H and O–H groups in total. The Bertz CT molecular complexity index is 502. The second-order valence-corrected chi connectivity index (χ2v) is 4.75. The molecular formula is C12H9Cl3O2. The van der Waals surface area contributed by atoms with E-state index in [0.29, 0.717) is 21.4 Å². The summed E-state index contributed by atoms with van der Waals surface area (Å²) in [6.07, 6.45) is -0.539. The van der Waals surface area contributed by atoms with Crippen LogP contribution in [0.15, 0.2) is 34.7 Å². The van der Waals surface area contributed by atoms with E-state index in [1.54, 1.807) is 30.3 Å². The maximum absolute atomic E-state index is 9.97. The van der Waals surface area contributed by atoms with Gasteiger partial charge in [0.15, 0.2) is 5.22 Å². The van der Waals surface area contributed by atoms with Crippen LogP contribution in [0.1, 0.15) is 17.4 Å². The largest absolute Gasteiger partial charge is 0.447 e. The summed E-state index contributed by atoms with van der Waals surface area (Å²) in [6.45, 7) is 0. The molecular weight excluding hydrogens is 282 g/mol. The van der Waals surface area contributed by atoms with Gasteiger partial charge in [0.05, 0.1) is 0 Å². The summed E-state index contributed by atoms with van der Waals surface area (Å²) in [5.74, 6) is 0.394. The van der Waals surface area contributed by atoms with Gasteiger partial charge >= 0.3 is 0 Å². The molecule has 90 valence electrons. The molecule has 0 saturated heterocycles. The van der Waals surface area contributed by atoms with Gasteiger partial charge in [-0.15, -0.1) is 0 Å². The van der Waals surface area contributed by atoms with Crippen molar-refractivity contribution >= 4 is 34.8 Å². The SMILES string of the molecule is OC(Cc1c(Cl)cccc1Cl)c1ccc(Cl)o1. The molecule has 1 unspecified atom stereocenters. The highest BCUT2D eigenvalue weighted by atomic mass is 35.5. The molecule has 2 rings (SSSR count). The summed E-state index contributed by atoms with van der Waals surface area (Å²) in [5, 5.41) is 11.3. The molecule has 0 saturated carbocycles. The number of aliphatic hydroxyl groups excluding tert-OH is 1. The van der Waals surface area contributed by atoms with Crippen LogP contribution in [-0.2, 0) is 6.42 Å². The van der Waals surface area contributed by atoms with Crippen LogP contribution < -0.4 is 0 Å². The lowest BCUT2D eigenvalue weighted by molar-refractivity contribution is 0.150. The maximum atomic E-state index is 9.97. The Labute approximate surface area is 114 Å². The Morgan fingerprint density at radius 1 is 1.06 bits per heavy atom. The zero-order valence-corrected chi connectivity index (χ0v) is 10.9. The number of rotatable bonds is 3. The maximum Gasteiger partial charge on any atom is 0.193 e. The fraction of sp³-hybridized carbons (Fsp3) is 0.167. The van der Waals surface area contributed by atoms with Crippen LogP contribution in [0.2, 0.25) is 15.3 Å². The monoisotopic (exact) mass is 290 g/mol. The van der Waals surface area contributed by atoms with Gasteiger partial charge in [-0.2, -0.15) is 0 Å². The standard InChI is InChI=1S/C12H9Cl3O2/c13-8-2-1-3-9(14)7(8)6-10(16)11-4-5-12(15)17-11/h1-5,10,16H,6H2. The van der Waals surface area contributed by atoms with Crippen molar-refractivity contribution in [3.8, 4) is 0 Å². The molecule has 1 aromatic heterocycles. The van der Waals surface area contributed by atoms with Crippen molar-refractivity contribution in [1.82, 2.24) is 0 Å². The molecule has 0 spiro atoms. The first-order valence-corrected chi connectivity index (χ1v) is 6.07. The van der Waals surface area contributed by atoms with Gasteiger partial charge in [-0.3, -0.25) is 0 Å². The molecule has 1 heterocycles. The minimum atomic E-state index is -0.820. The van der Waals surface area contributed by atoms with E-state index in [4.69, 9.17) is 39.2 Å². The summed E-state index contributed by atoms with van der Waals surface area (Å²) in [7, 11) is 0. The van der Waals surface area contributed by atoms with E-state index in [9.17, 15) is 5.11 Å². The zero-order chi connectivity index (χ0) is 12.4. The first kappa shape index (κ1) is 12.8. The van der Waals surface area contributed by atoms with Crippen molar-refractivity contribution in [2.45, 2.75) is 12.5 Å². The predicted molar refractivity (Wildman–Crippen MR) is 68.8 cm³/mol. The zero-order valence-electron chi connectivity index (χ0n) is 8.66. The number of hydrogen-bond donors (Lipinski definition) is 1.